The van der Waals surface area contributed by atoms with Crippen LogP contribution in [0.5, 0.6) is 0 Å². The monoisotopic (exact) mass is 284 g/mol. The first-order chi connectivity index (χ1) is 5.34. The molecule has 0 amide bonds. The van der Waals surface area contributed by atoms with E-state index in [1.54, 1.807) is 13.8 Å². The topological polar surface area (TPSA) is 57.5 Å². The molecule has 0 aromatic heterocycles. The number of carboxylic acid groups (broad SMARTS) is 1. The van der Waals surface area contributed by atoms with E-state index in [0.717, 1.165) is 0 Å². The van der Waals surface area contributed by atoms with E-state index in [9.17, 15) is 9.90 Å². The van der Waals surface area contributed by atoms with Crippen LogP contribution in [-0.2, 0) is 4.79 Å². The molecule has 1 unspecified atom stereocenters. The molecule has 12 heavy (non-hydrogen) atoms. The summed E-state index contributed by atoms with van der Waals surface area (Å²) >= 11 is 1.82. The van der Waals surface area contributed by atoms with Crippen molar-refractivity contribution in [2.75, 3.05) is 0 Å². The molecule has 4 heteroatoms. The molecule has 0 aromatic rings. The normalized spacial score (nSPS) is 17.7. The van der Waals surface area contributed by atoms with Crippen LogP contribution in [0.4, 0.5) is 0 Å². The van der Waals surface area contributed by atoms with Gasteiger partial charge < -0.3 is 10.2 Å². The lowest BCUT2D eigenvalue weighted by molar-refractivity contribution is -0.135. The van der Waals surface area contributed by atoms with Crippen LogP contribution < -0.4 is 0 Å². The van der Waals surface area contributed by atoms with Crippen LogP contribution in [0.3, 0.4) is 0 Å². The zero-order valence-corrected chi connectivity index (χ0v) is 9.49. The van der Waals surface area contributed by atoms with E-state index in [-0.39, 0.29) is 11.5 Å². The van der Waals surface area contributed by atoms with Crippen LogP contribution in [0.15, 0.2) is 9.66 Å². The van der Waals surface area contributed by atoms with Crippen molar-refractivity contribution in [2.24, 2.45) is 5.92 Å². The predicted molar refractivity (Wildman–Crippen MR) is 55.2 cm³/mol. The van der Waals surface area contributed by atoms with Gasteiger partial charge in [0.05, 0.1) is 11.2 Å². The minimum Gasteiger partial charge on any atom is -0.478 e. The fraction of sp³-hybridized carbons (Fsp3) is 0.625. The maximum absolute atomic E-state index is 10.6. The molecular formula is C8H13IO3. The number of aliphatic carboxylic acids is 1. The highest BCUT2D eigenvalue weighted by Crippen LogP contribution is 2.26. The van der Waals surface area contributed by atoms with E-state index in [1.165, 1.54) is 11.0 Å². The average Bonchev–Trinajstić information content (AvgIpc) is 1.86. The Balaban J connectivity index is 4.87. The van der Waals surface area contributed by atoms with E-state index in [1.807, 2.05) is 22.6 Å². The maximum Gasteiger partial charge on any atom is 0.334 e. The average molecular weight is 284 g/mol. The van der Waals surface area contributed by atoms with Gasteiger partial charge in [-0.25, -0.2) is 4.79 Å². The smallest absolute Gasteiger partial charge is 0.334 e. The predicted octanol–water partition coefficient (Wildman–Crippen LogP) is 1.80. The van der Waals surface area contributed by atoms with Crippen molar-refractivity contribution in [1.29, 1.82) is 0 Å². The molecule has 1 atom stereocenters. The summed E-state index contributed by atoms with van der Waals surface area (Å²) in [6.45, 7) is 5.07. The summed E-state index contributed by atoms with van der Waals surface area (Å²) < 4.78 is 1.40. The van der Waals surface area contributed by atoms with Crippen molar-refractivity contribution >= 4 is 28.6 Å². The largest absolute Gasteiger partial charge is 0.478 e. The van der Waals surface area contributed by atoms with Crippen LogP contribution in [0, 0.1) is 5.92 Å². The van der Waals surface area contributed by atoms with Crippen LogP contribution in [0.1, 0.15) is 20.8 Å². The first-order valence-electron chi connectivity index (χ1n) is 3.60. The summed E-state index contributed by atoms with van der Waals surface area (Å²) in [5.41, 5.74) is -1.22. The first kappa shape index (κ1) is 11.9. The number of aliphatic hydroxyl groups is 1. The van der Waals surface area contributed by atoms with Gasteiger partial charge in [-0.15, -0.1) is 0 Å². The van der Waals surface area contributed by atoms with Crippen LogP contribution in [-0.4, -0.2) is 21.8 Å². The van der Waals surface area contributed by atoms with Gasteiger partial charge in [0.2, 0.25) is 0 Å². The van der Waals surface area contributed by atoms with Crippen molar-refractivity contribution in [3.05, 3.63) is 9.66 Å². The second-order valence-corrected chi connectivity index (χ2v) is 3.75. The summed E-state index contributed by atoms with van der Waals surface area (Å²) in [6, 6.07) is 0. The Kier molecular flexibility index (Phi) is 4.19. The number of carboxylic acids is 1. The Hall–Kier alpha value is -0.100. The Labute approximate surface area is 85.6 Å². The van der Waals surface area contributed by atoms with E-state index >= 15 is 0 Å². The molecule has 0 heterocycles. The van der Waals surface area contributed by atoms with E-state index < -0.39 is 11.6 Å². The Morgan fingerprint density at radius 2 is 2.00 bits per heavy atom. The van der Waals surface area contributed by atoms with Gasteiger partial charge in [-0.2, -0.15) is 0 Å². The summed E-state index contributed by atoms with van der Waals surface area (Å²) in [7, 11) is 0. The molecule has 0 spiro atoms. The van der Waals surface area contributed by atoms with Gasteiger partial charge in [-0.1, -0.05) is 36.4 Å². The van der Waals surface area contributed by atoms with Crippen LogP contribution >= 0.6 is 22.6 Å². The highest BCUT2D eigenvalue weighted by Gasteiger charge is 2.33. The van der Waals surface area contributed by atoms with Crippen molar-refractivity contribution in [1.82, 2.24) is 0 Å². The van der Waals surface area contributed by atoms with Crippen molar-refractivity contribution in [2.45, 2.75) is 26.4 Å². The lowest BCUT2D eigenvalue weighted by atomic mass is 9.86. The zero-order valence-electron chi connectivity index (χ0n) is 7.34. The third-order valence-corrected chi connectivity index (χ3v) is 2.63. The lowest BCUT2D eigenvalue weighted by Gasteiger charge is -2.27. The van der Waals surface area contributed by atoms with Gasteiger partial charge in [0.1, 0.15) is 0 Å². The molecule has 3 nitrogen and oxygen atoms in total. The minimum atomic E-state index is -1.26. The van der Waals surface area contributed by atoms with Gasteiger partial charge in [0.15, 0.2) is 0 Å². The number of hydrogen-bond donors (Lipinski definition) is 2. The van der Waals surface area contributed by atoms with Gasteiger partial charge in [0.25, 0.3) is 0 Å². The third-order valence-electron chi connectivity index (χ3n) is 2.01. The molecule has 0 bridgehead atoms. The molecule has 0 radical (unpaired) electrons. The maximum atomic E-state index is 10.6. The molecule has 0 aliphatic carbocycles. The van der Waals surface area contributed by atoms with Crippen molar-refractivity contribution < 1.29 is 15.0 Å². The summed E-state index contributed by atoms with van der Waals surface area (Å²) in [4.78, 5) is 10.6. The summed E-state index contributed by atoms with van der Waals surface area (Å²) in [5.74, 6) is -1.18. The van der Waals surface area contributed by atoms with Gasteiger partial charge in [-0.3, -0.25) is 0 Å². The Morgan fingerprint density at radius 3 is 2.08 bits per heavy atom. The quantitative estimate of drug-likeness (QED) is 0.613. The Bertz CT molecular complexity index is 206. The van der Waals surface area contributed by atoms with E-state index in [0.29, 0.717) is 0 Å². The number of carbonyl (C=O) groups is 1. The van der Waals surface area contributed by atoms with Gasteiger partial charge in [0, 0.05) is 0 Å². The standard InChI is InChI=1S/C8H13IO3/c1-5(2)8(3,12)6(4-9)7(10)11/h4-5,12H,1-3H3,(H,10,11). The summed E-state index contributed by atoms with van der Waals surface area (Å²) in [6.07, 6.45) is 0. The molecule has 2 N–H and O–H groups in total. The SMILES string of the molecule is CC(C)C(C)(O)C(=CI)C(=O)O. The molecule has 0 aromatic carbocycles. The van der Waals surface area contributed by atoms with Crippen LogP contribution in [0.2, 0.25) is 0 Å². The fourth-order valence-electron chi connectivity index (χ4n) is 0.685. The molecule has 0 rings (SSSR count). The molecule has 0 saturated carbocycles. The van der Waals surface area contributed by atoms with E-state index in [4.69, 9.17) is 5.11 Å². The summed E-state index contributed by atoms with van der Waals surface area (Å²) in [5, 5.41) is 18.5. The van der Waals surface area contributed by atoms with Gasteiger partial charge >= 0.3 is 5.97 Å². The number of hydrogen-bond acceptors (Lipinski definition) is 2. The molecule has 0 fully saturated rings. The van der Waals surface area contributed by atoms with E-state index in [2.05, 4.69) is 0 Å². The molecule has 70 valence electrons. The molecular weight excluding hydrogens is 271 g/mol. The van der Waals surface area contributed by atoms with Gasteiger partial charge in [-0.05, 0) is 16.9 Å². The van der Waals surface area contributed by atoms with Crippen molar-refractivity contribution in [3.8, 4) is 0 Å². The Morgan fingerprint density at radius 1 is 1.58 bits per heavy atom. The first-order valence-corrected chi connectivity index (χ1v) is 4.85. The number of rotatable bonds is 3. The molecule has 0 aliphatic heterocycles. The zero-order chi connectivity index (χ0) is 9.94. The van der Waals surface area contributed by atoms with Crippen molar-refractivity contribution in [3.63, 3.8) is 0 Å². The molecule has 0 saturated heterocycles. The minimum absolute atomic E-state index is 0.0399. The highest BCUT2D eigenvalue weighted by molar-refractivity contribution is 14.1. The lowest BCUT2D eigenvalue weighted by Crippen LogP contribution is -2.36. The second kappa shape index (κ2) is 4.23. The van der Waals surface area contributed by atoms with Crippen LogP contribution in [0.25, 0.3) is 0 Å². The third kappa shape index (κ3) is 2.45. The second-order valence-electron chi connectivity index (χ2n) is 3.13. The number of halogens is 1. The highest BCUT2D eigenvalue weighted by atomic mass is 127. The molecule has 0 aliphatic rings. The fourth-order valence-corrected chi connectivity index (χ4v) is 1.58.